The Bertz CT molecular complexity index is 1370. The Kier molecular flexibility index (Phi) is 7.60. The Morgan fingerprint density at radius 2 is 1.89 bits per heavy atom. The zero-order valence-corrected chi connectivity index (χ0v) is 21.1. The standard InChI is InChI=1S/C28H30N4O6/c1-36-25-8-5-21-19(4-9-26(33)34)3-6-22(27(21)31-25)30-28(35)32-12-10-20(11-13-32)29-17-18-2-7-23-24(16-18)38-15-14-37-23/h2-9,16,20,29H,10-15,17H2,1H3,(H,30,35)(H,33,34)/b9-4+. The summed E-state index contributed by atoms with van der Waals surface area (Å²) < 4.78 is 16.5. The third-order valence-electron chi connectivity index (χ3n) is 6.71. The van der Waals surface area contributed by atoms with Crippen LogP contribution in [0, 0.1) is 0 Å². The Labute approximate surface area is 220 Å². The molecule has 10 nitrogen and oxygen atoms in total. The van der Waals surface area contributed by atoms with E-state index >= 15 is 0 Å². The summed E-state index contributed by atoms with van der Waals surface area (Å²) in [5.41, 5.74) is 2.88. The molecule has 5 rings (SSSR count). The number of ether oxygens (including phenoxy) is 3. The number of aliphatic carboxylic acids is 1. The van der Waals surface area contributed by atoms with Gasteiger partial charge in [-0.2, -0.15) is 0 Å². The molecule has 2 aliphatic heterocycles. The maximum Gasteiger partial charge on any atom is 0.328 e. The molecule has 10 heteroatoms. The molecule has 3 N–H and O–H groups in total. The SMILES string of the molecule is COc1ccc2c(/C=C/C(=O)O)ccc(NC(=O)N3CCC(NCc4ccc5c(c4)OCCO5)CC3)c2n1. The number of benzene rings is 2. The number of pyridine rings is 1. The maximum atomic E-state index is 13.1. The van der Waals surface area contributed by atoms with Crippen molar-refractivity contribution in [1.29, 1.82) is 0 Å². The smallest absolute Gasteiger partial charge is 0.328 e. The lowest BCUT2D eigenvalue weighted by molar-refractivity contribution is -0.131. The van der Waals surface area contributed by atoms with Crippen LogP contribution in [-0.2, 0) is 11.3 Å². The first kappa shape index (κ1) is 25.3. The van der Waals surface area contributed by atoms with Crippen LogP contribution in [0.1, 0.15) is 24.0 Å². The molecule has 3 aromatic rings. The van der Waals surface area contributed by atoms with Gasteiger partial charge < -0.3 is 34.9 Å². The lowest BCUT2D eigenvalue weighted by Gasteiger charge is -2.32. The van der Waals surface area contributed by atoms with Crippen molar-refractivity contribution in [1.82, 2.24) is 15.2 Å². The fourth-order valence-electron chi connectivity index (χ4n) is 4.68. The topological polar surface area (TPSA) is 122 Å². The molecule has 0 spiro atoms. The maximum absolute atomic E-state index is 13.1. The van der Waals surface area contributed by atoms with Crippen molar-refractivity contribution in [2.75, 3.05) is 38.7 Å². The number of nitrogens with one attached hydrogen (secondary N) is 2. The largest absolute Gasteiger partial charge is 0.486 e. The molecule has 2 amide bonds. The van der Waals surface area contributed by atoms with Crippen LogP contribution in [0.5, 0.6) is 17.4 Å². The second kappa shape index (κ2) is 11.4. The number of aromatic nitrogens is 1. The minimum absolute atomic E-state index is 0.199. The number of fused-ring (bicyclic) bond motifs is 2. The van der Waals surface area contributed by atoms with Gasteiger partial charge in [0.05, 0.1) is 18.3 Å². The Balaban J connectivity index is 1.20. The molecule has 1 saturated heterocycles. The summed E-state index contributed by atoms with van der Waals surface area (Å²) in [7, 11) is 1.52. The lowest BCUT2D eigenvalue weighted by Crippen LogP contribution is -2.46. The van der Waals surface area contributed by atoms with Gasteiger partial charge in [-0.1, -0.05) is 12.1 Å². The quantitative estimate of drug-likeness (QED) is 0.403. The first-order valence-corrected chi connectivity index (χ1v) is 12.6. The van der Waals surface area contributed by atoms with Gasteiger partial charge in [0.15, 0.2) is 11.5 Å². The average molecular weight is 519 g/mol. The van der Waals surface area contributed by atoms with Crippen molar-refractivity contribution in [3.05, 3.63) is 59.7 Å². The van der Waals surface area contributed by atoms with Gasteiger partial charge in [-0.25, -0.2) is 14.6 Å². The fourth-order valence-corrected chi connectivity index (χ4v) is 4.68. The molecule has 0 saturated carbocycles. The van der Waals surface area contributed by atoms with E-state index in [4.69, 9.17) is 19.3 Å². The van der Waals surface area contributed by atoms with E-state index in [0.717, 1.165) is 42.5 Å². The van der Waals surface area contributed by atoms with Gasteiger partial charge in [0.25, 0.3) is 0 Å². The highest BCUT2D eigenvalue weighted by atomic mass is 16.6. The van der Waals surface area contributed by atoms with Crippen molar-refractivity contribution in [3.8, 4) is 17.4 Å². The van der Waals surface area contributed by atoms with Gasteiger partial charge in [-0.05, 0) is 54.3 Å². The van der Waals surface area contributed by atoms with Gasteiger partial charge >= 0.3 is 12.0 Å². The van der Waals surface area contributed by atoms with Gasteiger partial charge in [0.1, 0.15) is 13.2 Å². The van der Waals surface area contributed by atoms with Gasteiger partial charge in [-0.15, -0.1) is 0 Å². The minimum atomic E-state index is -1.04. The van der Waals surface area contributed by atoms with Crippen LogP contribution in [0.25, 0.3) is 17.0 Å². The van der Waals surface area contributed by atoms with Gasteiger partial charge in [-0.3, -0.25) is 0 Å². The number of amides is 2. The summed E-state index contributed by atoms with van der Waals surface area (Å²) in [5.74, 6) is 0.929. The number of hydrogen-bond acceptors (Lipinski definition) is 7. The number of carbonyl (C=O) groups is 2. The summed E-state index contributed by atoms with van der Waals surface area (Å²) in [6, 6.07) is 13.1. The number of carboxylic acid groups (broad SMARTS) is 1. The van der Waals surface area contributed by atoms with Crippen LogP contribution in [0.3, 0.4) is 0 Å². The summed E-state index contributed by atoms with van der Waals surface area (Å²) in [5, 5.41) is 16.3. The number of carboxylic acids is 1. The molecule has 0 atom stereocenters. The van der Waals surface area contributed by atoms with Crippen LogP contribution in [-0.4, -0.2) is 66.4 Å². The van der Waals surface area contributed by atoms with Crippen molar-refractivity contribution < 1.29 is 28.9 Å². The molecule has 1 aromatic heterocycles. The third kappa shape index (κ3) is 5.81. The number of piperidine rings is 1. The first-order valence-electron chi connectivity index (χ1n) is 12.6. The molecule has 0 unspecified atom stereocenters. The van der Waals surface area contributed by atoms with Crippen LogP contribution in [0.15, 0.2) is 48.5 Å². The number of urea groups is 1. The van der Waals surface area contributed by atoms with Crippen molar-refractivity contribution >= 4 is 34.7 Å². The van der Waals surface area contributed by atoms with E-state index in [1.54, 1.807) is 29.2 Å². The van der Waals surface area contributed by atoms with Crippen molar-refractivity contribution in [2.45, 2.75) is 25.4 Å². The predicted molar refractivity (Wildman–Crippen MR) is 143 cm³/mol. The molecule has 1 fully saturated rings. The molecule has 3 heterocycles. The van der Waals surface area contributed by atoms with E-state index in [2.05, 4.69) is 15.6 Å². The highest BCUT2D eigenvalue weighted by Gasteiger charge is 2.23. The molecule has 0 aliphatic carbocycles. The van der Waals surface area contributed by atoms with Crippen LogP contribution >= 0.6 is 0 Å². The second-order valence-electron chi connectivity index (χ2n) is 9.17. The molecule has 38 heavy (non-hydrogen) atoms. The molecule has 0 radical (unpaired) electrons. The summed E-state index contributed by atoms with van der Waals surface area (Å²) in [4.78, 5) is 30.4. The zero-order chi connectivity index (χ0) is 26.5. The predicted octanol–water partition coefficient (Wildman–Crippen LogP) is 3.90. The summed E-state index contributed by atoms with van der Waals surface area (Å²) in [6.45, 7) is 3.11. The Morgan fingerprint density at radius 1 is 1.11 bits per heavy atom. The van der Waals surface area contributed by atoms with Crippen LogP contribution < -0.4 is 24.8 Å². The lowest BCUT2D eigenvalue weighted by atomic mass is 10.0. The number of nitrogens with zero attached hydrogens (tertiary/aromatic N) is 2. The van der Waals surface area contributed by atoms with E-state index in [9.17, 15) is 9.59 Å². The Hall–Kier alpha value is -4.31. The number of hydrogen-bond donors (Lipinski definition) is 3. The number of rotatable bonds is 7. The van der Waals surface area contributed by atoms with Crippen molar-refractivity contribution in [2.24, 2.45) is 0 Å². The molecule has 2 aliphatic rings. The number of carbonyl (C=O) groups excluding carboxylic acids is 1. The molecule has 2 aromatic carbocycles. The van der Waals surface area contributed by atoms with E-state index in [0.29, 0.717) is 60.4 Å². The van der Waals surface area contributed by atoms with E-state index in [-0.39, 0.29) is 6.03 Å². The van der Waals surface area contributed by atoms with Crippen molar-refractivity contribution in [3.63, 3.8) is 0 Å². The zero-order valence-electron chi connectivity index (χ0n) is 21.1. The van der Waals surface area contributed by atoms with E-state index in [1.165, 1.54) is 13.2 Å². The number of anilines is 1. The highest BCUT2D eigenvalue weighted by Crippen LogP contribution is 2.31. The normalized spacial score (nSPS) is 15.6. The highest BCUT2D eigenvalue weighted by molar-refractivity contribution is 6.03. The Morgan fingerprint density at radius 3 is 2.66 bits per heavy atom. The molecule has 0 bridgehead atoms. The van der Waals surface area contributed by atoms with Gasteiger partial charge in [0.2, 0.25) is 5.88 Å². The first-order chi connectivity index (χ1) is 18.5. The van der Waals surface area contributed by atoms with E-state index in [1.807, 2.05) is 18.2 Å². The second-order valence-corrected chi connectivity index (χ2v) is 9.17. The summed E-state index contributed by atoms with van der Waals surface area (Å²) >= 11 is 0. The number of methoxy groups -OCH3 is 1. The molecular weight excluding hydrogens is 488 g/mol. The average Bonchev–Trinajstić information content (AvgIpc) is 2.95. The monoisotopic (exact) mass is 518 g/mol. The fraction of sp³-hybridized carbons (Fsp3) is 0.321. The van der Waals surface area contributed by atoms with E-state index < -0.39 is 5.97 Å². The third-order valence-corrected chi connectivity index (χ3v) is 6.71. The summed E-state index contributed by atoms with van der Waals surface area (Å²) in [6.07, 6.45) is 4.25. The number of likely N-dealkylation sites (tertiary alicyclic amines) is 1. The molecule has 198 valence electrons. The minimum Gasteiger partial charge on any atom is -0.486 e. The molecular formula is C28H30N4O6. The van der Waals surface area contributed by atoms with Crippen LogP contribution in [0.4, 0.5) is 10.5 Å². The van der Waals surface area contributed by atoms with Crippen LogP contribution in [0.2, 0.25) is 0 Å². The van der Waals surface area contributed by atoms with Gasteiger partial charge in [0, 0.05) is 43.2 Å².